The zero-order chi connectivity index (χ0) is 16.7. The summed E-state index contributed by atoms with van der Waals surface area (Å²) in [5, 5.41) is 3.58. The Balaban J connectivity index is 1.49. The Bertz CT molecular complexity index is 745. The van der Waals surface area contributed by atoms with Crippen LogP contribution in [-0.4, -0.2) is 27.9 Å². The number of benzene rings is 1. The van der Waals surface area contributed by atoms with Crippen LogP contribution < -0.4 is 0 Å². The molecule has 0 radical (unpaired) electrons. The zero-order valence-electron chi connectivity index (χ0n) is 13.7. The topological polar surface area (TPSA) is 33.2 Å². The lowest BCUT2D eigenvalue weighted by Gasteiger charge is -2.37. The largest absolute Gasteiger partial charge is 0.336 e. The molecule has 1 aromatic heterocycles. The summed E-state index contributed by atoms with van der Waals surface area (Å²) in [7, 11) is 0. The van der Waals surface area contributed by atoms with Crippen molar-refractivity contribution in [2.24, 2.45) is 5.92 Å². The minimum atomic E-state index is 0.241. The number of carbonyl (C=O) groups is 1. The summed E-state index contributed by atoms with van der Waals surface area (Å²) in [4.78, 5) is 19.6. The normalized spacial score (nSPS) is 25.9. The standard InChI is InChI=1S/C19H21ClN2OS/c1-12-8-14-6-7-15(9-12)22(14)18(23)10-13-11-24-19(21-13)16-4-2-3-5-17(16)20/h2-5,11-12,14-15H,6-10H2,1H3. The Morgan fingerprint density at radius 2 is 2.00 bits per heavy atom. The van der Waals surface area contributed by atoms with Crippen molar-refractivity contribution in [1.82, 2.24) is 9.88 Å². The average Bonchev–Trinajstić information content (AvgIpc) is 3.11. The minimum Gasteiger partial charge on any atom is -0.336 e. The van der Waals surface area contributed by atoms with Gasteiger partial charge in [-0.1, -0.05) is 36.7 Å². The highest BCUT2D eigenvalue weighted by Gasteiger charge is 2.41. The molecular formula is C19H21ClN2OS. The van der Waals surface area contributed by atoms with Gasteiger partial charge in [0.25, 0.3) is 0 Å². The molecule has 0 aliphatic carbocycles. The van der Waals surface area contributed by atoms with Crippen molar-refractivity contribution < 1.29 is 4.79 Å². The van der Waals surface area contributed by atoms with Crippen LogP contribution in [0.15, 0.2) is 29.6 Å². The first kappa shape index (κ1) is 16.1. The number of amides is 1. The fourth-order valence-corrected chi connectivity index (χ4v) is 5.39. The van der Waals surface area contributed by atoms with Crippen molar-refractivity contribution in [3.8, 4) is 10.6 Å². The number of thiazole rings is 1. The summed E-state index contributed by atoms with van der Waals surface area (Å²) in [6.07, 6.45) is 5.06. The first-order valence-electron chi connectivity index (χ1n) is 8.62. The Morgan fingerprint density at radius 3 is 2.71 bits per heavy atom. The first-order chi connectivity index (χ1) is 11.6. The first-order valence-corrected chi connectivity index (χ1v) is 9.88. The number of piperidine rings is 1. The molecular weight excluding hydrogens is 340 g/mol. The molecule has 0 saturated carbocycles. The molecule has 3 nitrogen and oxygen atoms in total. The predicted molar refractivity (Wildman–Crippen MR) is 98.3 cm³/mol. The van der Waals surface area contributed by atoms with Gasteiger partial charge in [0, 0.05) is 23.0 Å². The van der Waals surface area contributed by atoms with Crippen LogP contribution in [0, 0.1) is 5.92 Å². The number of carbonyl (C=O) groups excluding carboxylic acids is 1. The quantitative estimate of drug-likeness (QED) is 0.788. The van der Waals surface area contributed by atoms with Gasteiger partial charge in [0.1, 0.15) is 5.01 Å². The maximum atomic E-state index is 12.8. The summed E-state index contributed by atoms with van der Waals surface area (Å²) >= 11 is 7.80. The second kappa shape index (κ2) is 6.49. The van der Waals surface area contributed by atoms with Crippen molar-refractivity contribution in [2.75, 3.05) is 0 Å². The van der Waals surface area contributed by atoms with Crippen LogP contribution in [-0.2, 0) is 11.2 Å². The molecule has 0 N–H and O–H groups in total. The molecule has 2 aliphatic heterocycles. The molecule has 24 heavy (non-hydrogen) atoms. The Hall–Kier alpha value is -1.39. The highest BCUT2D eigenvalue weighted by molar-refractivity contribution is 7.13. The minimum absolute atomic E-state index is 0.241. The number of aromatic nitrogens is 1. The Morgan fingerprint density at radius 1 is 1.29 bits per heavy atom. The molecule has 2 aromatic rings. The van der Waals surface area contributed by atoms with E-state index in [0.717, 1.165) is 35.0 Å². The summed E-state index contributed by atoms with van der Waals surface area (Å²) in [5.74, 6) is 0.989. The lowest BCUT2D eigenvalue weighted by molar-refractivity contribution is -0.135. The van der Waals surface area contributed by atoms with Crippen LogP contribution in [0.3, 0.4) is 0 Å². The Labute approximate surface area is 151 Å². The number of rotatable bonds is 3. The molecule has 2 aliphatic rings. The van der Waals surface area contributed by atoms with Gasteiger partial charge in [0.05, 0.1) is 17.1 Å². The van der Waals surface area contributed by atoms with Crippen molar-refractivity contribution in [3.05, 3.63) is 40.4 Å². The van der Waals surface area contributed by atoms with Gasteiger partial charge in [-0.2, -0.15) is 0 Å². The van der Waals surface area contributed by atoms with Gasteiger partial charge in [-0.05, 0) is 37.7 Å². The van der Waals surface area contributed by atoms with Crippen LogP contribution in [0.4, 0.5) is 0 Å². The Kier molecular flexibility index (Phi) is 4.35. The van der Waals surface area contributed by atoms with E-state index in [1.807, 2.05) is 29.6 Å². The smallest absolute Gasteiger partial charge is 0.229 e. The fourth-order valence-electron chi connectivity index (χ4n) is 4.25. The second-order valence-corrected chi connectivity index (χ2v) is 8.33. The van der Waals surface area contributed by atoms with Crippen LogP contribution in [0.2, 0.25) is 5.02 Å². The summed E-state index contributed by atoms with van der Waals surface area (Å²) in [6.45, 7) is 2.31. The third kappa shape index (κ3) is 2.98. The van der Waals surface area contributed by atoms with Gasteiger partial charge in [-0.3, -0.25) is 4.79 Å². The molecule has 2 atom stereocenters. The number of hydrogen-bond acceptors (Lipinski definition) is 3. The summed E-state index contributed by atoms with van der Waals surface area (Å²) in [6, 6.07) is 8.62. The molecule has 126 valence electrons. The monoisotopic (exact) mass is 360 g/mol. The van der Waals surface area contributed by atoms with E-state index in [-0.39, 0.29) is 5.91 Å². The molecule has 2 saturated heterocycles. The number of fused-ring (bicyclic) bond motifs is 2. The molecule has 3 heterocycles. The molecule has 2 unspecified atom stereocenters. The highest BCUT2D eigenvalue weighted by atomic mass is 35.5. The van der Waals surface area contributed by atoms with Crippen LogP contribution in [0.25, 0.3) is 10.6 Å². The van der Waals surface area contributed by atoms with Gasteiger partial charge < -0.3 is 4.90 Å². The maximum absolute atomic E-state index is 12.8. The van der Waals surface area contributed by atoms with E-state index in [1.165, 1.54) is 12.8 Å². The molecule has 0 spiro atoms. The van der Waals surface area contributed by atoms with Crippen molar-refractivity contribution in [2.45, 2.75) is 51.1 Å². The second-order valence-electron chi connectivity index (χ2n) is 7.06. The van der Waals surface area contributed by atoms with Crippen molar-refractivity contribution in [3.63, 3.8) is 0 Å². The average molecular weight is 361 g/mol. The van der Waals surface area contributed by atoms with E-state index in [0.29, 0.717) is 23.5 Å². The van der Waals surface area contributed by atoms with Crippen LogP contribution >= 0.6 is 22.9 Å². The van der Waals surface area contributed by atoms with Gasteiger partial charge in [-0.25, -0.2) is 4.98 Å². The van der Waals surface area contributed by atoms with Gasteiger partial charge in [-0.15, -0.1) is 11.3 Å². The molecule has 1 aromatic carbocycles. The molecule has 4 rings (SSSR count). The van der Waals surface area contributed by atoms with Crippen molar-refractivity contribution >= 4 is 28.8 Å². The fraction of sp³-hybridized carbons (Fsp3) is 0.474. The van der Waals surface area contributed by atoms with Gasteiger partial charge in [0.15, 0.2) is 0 Å². The number of nitrogens with zero attached hydrogens (tertiary/aromatic N) is 2. The summed E-state index contributed by atoms with van der Waals surface area (Å²) in [5.41, 5.74) is 1.80. The lowest BCUT2D eigenvalue weighted by atomic mass is 9.92. The number of hydrogen-bond donors (Lipinski definition) is 0. The third-order valence-electron chi connectivity index (χ3n) is 5.25. The SMILES string of the molecule is CC1CC2CCC(C1)N2C(=O)Cc1csc(-c2ccccc2Cl)n1. The van der Waals surface area contributed by atoms with E-state index >= 15 is 0 Å². The van der Waals surface area contributed by atoms with E-state index in [1.54, 1.807) is 11.3 Å². The van der Waals surface area contributed by atoms with Gasteiger partial charge in [0.2, 0.25) is 5.91 Å². The molecule has 2 bridgehead atoms. The van der Waals surface area contributed by atoms with Crippen LogP contribution in [0.5, 0.6) is 0 Å². The van der Waals surface area contributed by atoms with E-state index < -0.39 is 0 Å². The van der Waals surface area contributed by atoms with Crippen LogP contribution in [0.1, 0.15) is 38.3 Å². The number of halogens is 1. The van der Waals surface area contributed by atoms with E-state index in [2.05, 4.69) is 16.8 Å². The van der Waals surface area contributed by atoms with Gasteiger partial charge >= 0.3 is 0 Å². The molecule has 1 amide bonds. The summed E-state index contributed by atoms with van der Waals surface area (Å²) < 4.78 is 0. The third-order valence-corrected chi connectivity index (χ3v) is 6.50. The zero-order valence-corrected chi connectivity index (χ0v) is 15.3. The molecule has 2 fully saturated rings. The lowest BCUT2D eigenvalue weighted by Crippen LogP contribution is -2.46. The van der Waals surface area contributed by atoms with E-state index in [9.17, 15) is 4.79 Å². The predicted octanol–water partition coefficient (Wildman–Crippen LogP) is 4.80. The van der Waals surface area contributed by atoms with E-state index in [4.69, 9.17) is 11.6 Å². The molecule has 5 heteroatoms. The van der Waals surface area contributed by atoms with Crippen molar-refractivity contribution in [1.29, 1.82) is 0 Å². The maximum Gasteiger partial charge on any atom is 0.229 e. The highest BCUT2D eigenvalue weighted by Crippen LogP contribution is 2.39.